The summed E-state index contributed by atoms with van der Waals surface area (Å²) in [6, 6.07) is 6.61. The maximum absolute atomic E-state index is 13.6. The summed E-state index contributed by atoms with van der Waals surface area (Å²) < 4.78 is 12.9. The third-order valence-corrected chi connectivity index (χ3v) is 9.90. The number of hydrogen-bond donors (Lipinski definition) is 5. The number of hydrogen-bond acceptors (Lipinski definition) is 14. The van der Waals surface area contributed by atoms with Crippen molar-refractivity contribution in [3.8, 4) is 0 Å². The van der Waals surface area contributed by atoms with Crippen molar-refractivity contribution in [1.29, 1.82) is 0 Å². The maximum atomic E-state index is 13.6. The lowest BCUT2D eigenvalue weighted by Gasteiger charge is -2.27. The molecule has 0 saturated heterocycles. The fourth-order valence-corrected chi connectivity index (χ4v) is 6.55. The van der Waals surface area contributed by atoms with Gasteiger partial charge in [0, 0.05) is 65.7 Å². The topological polar surface area (TPSA) is 242 Å². The zero-order chi connectivity index (χ0) is 49.9. The van der Waals surface area contributed by atoms with Crippen LogP contribution < -0.4 is 21.7 Å². The van der Waals surface area contributed by atoms with Crippen LogP contribution in [0.3, 0.4) is 0 Å². The van der Waals surface area contributed by atoms with Gasteiger partial charge in [-0.25, -0.2) is 14.8 Å². The number of aliphatic imine (C=N–C) groups is 1. The van der Waals surface area contributed by atoms with Gasteiger partial charge in [-0.05, 0) is 74.0 Å². The van der Waals surface area contributed by atoms with E-state index >= 15 is 0 Å². The average Bonchev–Trinajstić information content (AvgIpc) is 3.58. The van der Waals surface area contributed by atoms with Gasteiger partial charge in [0.15, 0.2) is 5.82 Å². The molecule has 0 spiro atoms. The van der Waals surface area contributed by atoms with Crippen LogP contribution in [0.1, 0.15) is 81.5 Å². The second-order valence-corrected chi connectivity index (χ2v) is 18.3. The number of rotatable bonds is 22. The minimum absolute atomic E-state index is 0.115. The molecule has 0 bridgehead atoms. The fraction of sp³-hybridized carbons (Fsp3) is 0.652. The van der Waals surface area contributed by atoms with Crippen molar-refractivity contribution in [2.75, 3.05) is 92.5 Å². The lowest BCUT2D eigenvalue weighted by Crippen LogP contribution is -2.51. The summed E-state index contributed by atoms with van der Waals surface area (Å²) >= 11 is 0. The third-order valence-electron chi connectivity index (χ3n) is 9.90. The summed E-state index contributed by atoms with van der Waals surface area (Å²) in [6.07, 6.45) is 0.361. The maximum Gasteiger partial charge on any atom is 0.410 e. The van der Waals surface area contributed by atoms with E-state index in [-0.39, 0.29) is 55.9 Å². The quantitative estimate of drug-likeness (QED) is 0.0720. The SMILES string of the molecule is CCCN(CC(=O)NC(C(=O)Nc1nc2ccccc2c2c1nc(COCC)n2CC(C)(C)O)C(C)C)C(=O)CN.CN=C(CN(C)CCN(C)CCN(C)C(=O)OC(C)(C)C)NC(C)=O. The van der Waals surface area contributed by atoms with Crippen LogP contribution in [0.2, 0.25) is 0 Å². The van der Waals surface area contributed by atoms with Gasteiger partial charge in [0.2, 0.25) is 23.6 Å². The zero-order valence-corrected chi connectivity index (χ0v) is 41.9. The number of para-hydroxylation sites is 1. The van der Waals surface area contributed by atoms with Crippen molar-refractivity contribution in [1.82, 2.24) is 44.8 Å². The molecule has 2 heterocycles. The van der Waals surface area contributed by atoms with Crippen LogP contribution in [-0.2, 0) is 41.8 Å². The van der Waals surface area contributed by atoms with E-state index in [1.165, 1.54) is 11.8 Å². The van der Waals surface area contributed by atoms with Gasteiger partial charge in [0.25, 0.3) is 0 Å². The molecule has 3 rings (SSSR count). The highest BCUT2D eigenvalue weighted by molar-refractivity contribution is 6.10. The molecule has 0 saturated carbocycles. The number of benzene rings is 1. The first kappa shape index (κ1) is 56.8. The molecular weight excluding hydrogens is 849 g/mol. The molecular formula is C46H78N12O8. The van der Waals surface area contributed by atoms with Gasteiger partial charge in [0.1, 0.15) is 35.4 Å². The van der Waals surface area contributed by atoms with Crippen molar-refractivity contribution < 1.29 is 38.6 Å². The molecule has 20 nitrogen and oxygen atoms in total. The summed E-state index contributed by atoms with van der Waals surface area (Å²) in [5.74, 6) is -0.153. The number of fused-ring (bicyclic) bond motifs is 3. The number of amidine groups is 1. The highest BCUT2D eigenvalue weighted by Crippen LogP contribution is 2.32. The average molecular weight is 927 g/mol. The van der Waals surface area contributed by atoms with Gasteiger partial charge in [-0.3, -0.25) is 29.1 Å². The Bertz CT molecular complexity index is 2090. The van der Waals surface area contributed by atoms with E-state index < -0.39 is 29.1 Å². The second-order valence-electron chi connectivity index (χ2n) is 18.3. The highest BCUT2D eigenvalue weighted by Gasteiger charge is 2.29. The first-order valence-corrected chi connectivity index (χ1v) is 22.5. The van der Waals surface area contributed by atoms with E-state index in [1.807, 2.05) is 91.4 Å². The number of likely N-dealkylation sites (N-methyl/N-ethyl adjacent to an activating group) is 3. The molecule has 1 atom stereocenters. The Balaban J connectivity index is 0.000000515. The van der Waals surface area contributed by atoms with E-state index in [0.717, 1.165) is 25.0 Å². The number of imidazole rings is 1. The van der Waals surface area contributed by atoms with Gasteiger partial charge in [-0.1, -0.05) is 39.0 Å². The third kappa shape index (κ3) is 19.3. The second kappa shape index (κ2) is 26.8. The van der Waals surface area contributed by atoms with Gasteiger partial charge in [-0.2, -0.15) is 0 Å². The Hall–Kier alpha value is -5.28. The number of carbonyl (C=O) groups excluding carboxylic acids is 5. The van der Waals surface area contributed by atoms with Gasteiger partial charge >= 0.3 is 6.09 Å². The van der Waals surface area contributed by atoms with Crippen LogP contribution in [-0.4, -0.2) is 179 Å². The molecule has 0 aliphatic rings. The summed E-state index contributed by atoms with van der Waals surface area (Å²) in [5.41, 5.74) is 5.77. The standard InChI is InChI=1S/C29H43N7O5.C17H35N5O3/c1-7-13-35(23(38)14-30)15-22(37)33-24(18(3)4)28(39)34-27-25-26(19-11-9-10-12-20(19)31-27)36(17-29(5,6)40)21(32-25)16-41-8-2;1-14(23)19-15(18-5)13-21(7)10-9-20(6)11-12-22(8)16(24)25-17(2,3)4/h9-12,18,24,40H,7-8,13-17,30H2,1-6H3,(H,33,37)(H,31,34,39);9-13H2,1-8H3,(H,18,19,23). The first-order chi connectivity index (χ1) is 30.8. The van der Waals surface area contributed by atoms with Gasteiger partial charge in [0.05, 0.1) is 42.8 Å². The fourth-order valence-electron chi connectivity index (χ4n) is 6.55. The zero-order valence-electron chi connectivity index (χ0n) is 41.9. The lowest BCUT2D eigenvalue weighted by atomic mass is 10.0. The number of nitrogens with zero attached hydrogens (tertiary/aromatic N) is 8. The van der Waals surface area contributed by atoms with Crippen LogP contribution in [0, 0.1) is 5.92 Å². The summed E-state index contributed by atoms with van der Waals surface area (Å²) in [6.45, 7) is 22.4. The summed E-state index contributed by atoms with van der Waals surface area (Å²) in [4.78, 5) is 82.4. The van der Waals surface area contributed by atoms with Crippen LogP contribution >= 0.6 is 0 Å². The Morgan fingerprint density at radius 2 is 1.56 bits per heavy atom. The lowest BCUT2D eigenvalue weighted by molar-refractivity contribution is -0.136. The molecule has 6 N–H and O–H groups in total. The van der Waals surface area contributed by atoms with E-state index in [4.69, 9.17) is 25.2 Å². The number of amides is 5. The van der Waals surface area contributed by atoms with E-state index in [0.29, 0.717) is 60.9 Å². The Morgan fingerprint density at radius 1 is 0.924 bits per heavy atom. The molecule has 20 heteroatoms. The van der Waals surface area contributed by atoms with Gasteiger partial charge in [-0.15, -0.1) is 0 Å². The van der Waals surface area contributed by atoms with Crippen molar-refractivity contribution in [2.24, 2.45) is 16.6 Å². The van der Waals surface area contributed by atoms with E-state index in [9.17, 15) is 29.1 Å². The molecule has 2 aromatic heterocycles. The molecule has 0 fully saturated rings. The van der Waals surface area contributed by atoms with Gasteiger partial charge < -0.3 is 55.5 Å². The minimum Gasteiger partial charge on any atom is -0.444 e. The smallest absolute Gasteiger partial charge is 0.410 e. The number of pyridine rings is 1. The van der Waals surface area contributed by atoms with Crippen molar-refractivity contribution >= 4 is 63.3 Å². The molecule has 0 radical (unpaired) electrons. The number of nitrogens with two attached hydrogens (primary N) is 1. The minimum atomic E-state index is -1.05. The normalized spacial score (nSPS) is 12.6. The Kier molecular flexibility index (Phi) is 23.0. The molecule has 0 aliphatic carbocycles. The number of carbonyl (C=O) groups is 5. The van der Waals surface area contributed by atoms with E-state index in [2.05, 4.69) is 30.7 Å². The van der Waals surface area contributed by atoms with Crippen molar-refractivity contribution in [2.45, 2.75) is 106 Å². The predicted molar refractivity (Wildman–Crippen MR) is 259 cm³/mol. The Labute approximate surface area is 391 Å². The van der Waals surface area contributed by atoms with Crippen LogP contribution in [0.5, 0.6) is 0 Å². The number of aromatic nitrogens is 3. The largest absolute Gasteiger partial charge is 0.444 e. The van der Waals surface area contributed by atoms with E-state index in [1.54, 1.807) is 32.8 Å². The molecule has 0 aliphatic heterocycles. The Morgan fingerprint density at radius 3 is 2.12 bits per heavy atom. The van der Waals surface area contributed by atoms with Crippen LogP contribution in [0.25, 0.3) is 21.9 Å². The predicted octanol–water partition coefficient (Wildman–Crippen LogP) is 3.05. The highest BCUT2D eigenvalue weighted by atomic mass is 16.6. The molecule has 370 valence electrons. The molecule has 1 aromatic carbocycles. The van der Waals surface area contributed by atoms with Crippen molar-refractivity contribution in [3.63, 3.8) is 0 Å². The molecule has 66 heavy (non-hydrogen) atoms. The molecule has 3 aromatic rings. The number of anilines is 1. The van der Waals surface area contributed by atoms with Crippen molar-refractivity contribution in [3.05, 3.63) is 30.1 Å². The number of ether oxygens (including phenoxy) is 2. The van der Waals surface area contributed by atoms with Crippen LogP contribution in [0.15, 0.2) is 29.3 Å². The molecule has 1 unspecified atom stereocenters. The summed E-state index contributed by atoms with van der Waals surface area (Å²) in [7, 11) is 7.40. The molecule has 5 amide bonds. The first-order valence-electron chi connectivity index (χ1n) is 22.5. The number of nitrogens with one attached hydrogen (secondary N) is 3. The summed E-state index contributed by atoms with van der Waals surface area (Å²) in [5, 5.41) is 19.9. The monoisotopic (exact) mass is 927 g/mol. The van der Waals surface area contributed by atoms with Crippen LogP contribution in [0.4, 0.5) is 10.6 Å². The number of aliphatic hydroxyl groups is 1.